The zero-order valence-electron chi connectivity index (χ0n) is 6.96. The third-order valence-electron chi connectivity index (χ3n) is 1.72. The summed E-state index contributed by atoms with van der Waals surface area (Å²) in [4.78, 5) is 0. The van der Waals surface area contributed by atoms with E-state index in [0.29, 0.717) is 5.92 Å². The molecule has 0 heteroatoms. The monoisotopic (exact) mass is 144 g/mol. The average molecular weight is 144 g/mol. The van der Waals surface area contributed by atoms with Crippen LogP contribution in [0.15, 0.2) is 24.3 Å². The summed E-state index contributed by atoms with van der Waals surface area (Å²) in [7, 11) is 0. The summed E-state index contributed by atoms with van der Waals surface area (Å²) in [5, 5.41) is 0. The predicted molar refractivity (Wildman–Crippen MR) is 48.5 cm³/mol. The molecule has 0 bridgehead atoms. The Labute approximate surface area is 68.3 Å². The molecule has 0 amide bonds. The Kier molecular flexibility index (Phi) is 2.33. The van der Waals surface area contributed by atoms with Crippen molar-refractivity contribution >= 4 is 0 Å². The first-order valence-electron chi connectivity index (χ1n) is 3.80. The van der Waals surface area contributed by atoms with Crippen molar-refractivity contribution in [3.63, 3.8) is 0 Å². The largest absolute Gasteiger partial charge is 0.115 e. The van der Waals surface area contributed by atoms with Crippen molar-refractivity contribution in [3.8, 4) is 12.3 Å². The van der Waals surface area contributed by atoms with Crippen LogP contribution < -0.4 is 0 Å². The smallest absolute Gasteiger partial charge is 0.0245 e. The second kappa shape index (κ2) is 3.25. The van der Waals surface area contributed by atoms with E-state index in [-0.39, 0.29) is 0 Å². The first-order valence-corrected chi connectivity index (χ1v) is 3.80. The van der Waals surface area contributed by atoms with E-state index in [4.69, 9.17) is 6.42 Å². The molecule has 0 aliphatic carbocycles. The highest BCUT2D eigenvalue weighted by molar-refractivity contribution is 5.36. The van der Waals surface area contributed by atoms with Crippen molar-refractivity contribution in [2.45, 2.75) is 19.8 Å². The van der Waals surface area contributed by atoms with Crippen LogP contribution in [-0.2, 0) is 0 Å². The summed E-state index contributed by atoms with van der Waals surface area (Å²) < 4.78 is 0. The summed E-state index contributed by atoms with van der Waals surface area (Å²) in [6.45, 7) is 4.32. The van der Waals surface area contributed by atoms with Crippen LogP contribution in [-0.4, -0.2) is 0 Å². The van der Waals surface area contributed by atoms with Crippen molar-refractivity contribution in [1.29, 1.82) is 0 Å². The van der Waals surface area contributed by atoms with Gasteiger partial charge in [-0.3, -0.25) is 0 Å². The van der Waals surface area contributed by atoms with Crippen LogP contribution in [0.4, 0.5) is 0 Å². The highest BCUT2D eigenvalue weighted by atomic mass is 14.0. The van der Waals surface area contributed by atoms with Gasteiger partial charge in [0.05, 0.1) is 0 Å². The Hall–Kier alpha value is -1.22. The highest BCUT2D eigenvalue weighted by Gasteiger charge is 1.97. The minimum absolute atomic E-state index is 0.559. The van der Waals surface area contributed by atoms with Gasteiger partial charge in [-0.05, 0) is 23.6 Å². The minimum Gasteiger partial charge on any atom is -0.115 e. The molecule has 0 aliphatic rings. The average Bonchev–Trinajstić information content (AvgIpc) is 2.05. The molecule has 11 heavy (non-hydrogen) atoms. The van der Waals surface area contributed by atoms with Gasteiger partial charge < -0.3 is 0 Å². The lowest BCUT2D eigenvalue weighted by atomic mass is 10.0. The molecule has 0 spiro atoms. The van der Waals surface area contributed by atoms with Crippen molar-refractivity contribution in [1.82, 2.24) is 0 Å². The second-order valence-corrected chi connectivity index (χ2v) is 2.92. The molecule has 0 aromatic heterocycles. The van der Waals surface area contributed by atoms with Gasteiger partial charge in [0.25, 0.3) is 0 Å². The molecule has 0 saturated carbocycles. The van der Waals surface area contributed by atoms with Crippen molar-refractivity contribution < 1.29 is 0 Å². The fourth-order valence-corrected chi connectivity index (χ4v) is 0.988. The van der Waals surface area contributed by atoms with Crippen LogP contribution in [0.5, 0.6) is 0 Å². The van der Waals surface area contributed by atoms with Gasteiger partial charge in [0.15, 0.2) is 0 Å². The van der Waals surface area contributed by atoms with Crippen molar-refractivity contribution in [2.24, 2.45) is 0 Å². The van der Waals surface area contributed by atoms with E-state index in [1.165, 1.54) is 5.56 Å². The predicted octanol–water partition coefficient (Wildman–Crippen LogP) is 2.79. The molecule has 0 heterocycles. The Morgan fingerprint density at radius 2 is 2.09 bits per heavy atom. The lowest BCUT2D eigenvalue weighted by molar-refractivity contribution is 0.866. The van der Waals surface area contributed by atoms with Crippen LogP contribution in [0.2, 0.25) is 0 Å². The van der Waals surface area contributed by atoms with E-state index in [0.717, 1.165) is 5.56 Å². The van der Waals surface area contributed by atoms with Crippen LogP contribution in [0.3, 0.4) is 0 Å². The topological polar surface area (TPSA) is 0 Å². The van der Waals surface area contributed by atoms with Crippen LogP contribution in [0.25, 0.3) is 0 Å². The van der Waals surface area contributed by atoms with Gasteiger partial charge >= 0.3 is 0 Å². The highest BCUT2D eigenvalue weighted by Crippen LogP contribution is 2.14. The summed E-state index contributed by atoms with van der Waals surface area (Å²) in [6.07, 6.45) is 5.27. The molecular formula is C11H12. The maximum atomic E-state index is 5.27. The molecule has 0 fully saturated rings. The molecule has 56 valence electrons. The van der Waals surface area contributed by atoms with Crippen LogP contribution in [0, 0.1) is 12.3 Å². The van der Waals surface area contributed by atoms with Crippen molar-refractivity contribution in [2.75, 3.05) is 0 Å². The molecule has 0 unspecified atom stereocenters. The number of benzene rings is 1. The Morgan fingerprint density at radius 3 is 2.64 bits per heavy atom. The summed E-state index contributed by atoms with van der Waals surface area (Å²) in [6, 6.07) is 8.12. The molecular weight excluding hydrogens is 132 g/mol. The van der Waals surface area contributed by atoms with E-state index in [1.54, 1.807) is 0 Å². The zero-order chi connectivity index (χ0) is 8.27. The van der Waals surface area contributed by atoms with E-state index in [9.17, 15) is 0 Å². The van der Waals surface area contributed by atoms with Gasteiger partial charge in [0, 0.05) is 5.56 Å². The Morgan fingerprint density at radius 1 is 1.36 bits per heavy atom. The van der Waals surface area contributed by atoms with Gasteiger partial charge in [-0.2, -0.15) is 0 Å². The van der Waals surface area contributed by atoms with Crippen LogP contribution in [0.1, 0.15) is 30.9 Å². The molecule has 0 radical (unpaired) electrons. The SMILES string of the molecule is C#Cc1cccc(C(C)C)c1. The first-order chi connectivity index (χ1) is 5.24. The summed E-state index contributed by atoms with van der Waals surface area (Å²) >= 11 is 0. The van der Waals surface area contributed by atoms with Gasteiger partial charge in [-0.15, -0.1) is 6.42 Å². The minimum atomic E-state index is 0.559. The summed E-state index contributed by atoms with van der Waals surface area (Å²) in [5.41, 5.74) is 2.27. The normalized spacial score (nSPS) is 9.64. The fraction of sp³-hybridized carbons (Fsp3) is 0.273. The third-order valence-corrected chi connectivity index (χ3v) is 1.72. The molecule has 0 aliphatic heterocycles. The molecule has 0 atom stereocenters. The Balaban J connectivity index is 3.03. The number of terminal acetylenes is 1. The number of rotatable bonds is 1. The molecule has 0 saturated heterocycles. The van der Waals surface area contributed by atoms with E-state index < -0.39 is 0 Å². The maximum absolute atomic E-state index is 5.27. The van der Waals surface area contributed by atoms with E-state index in [2.05, 4.69) is 31.9 Å². The molecule has 1 rings (SSSR count). The van der Waals surface area contributed by atoms with Gasteiger partial charge in [-0.25, -0.2) is 0 Å². The molecule has 0 nitrogen and oxygen atoms in total. The molecule has 0 N–H and O–H groups in total. The molecule has 1 aromatic rings. The summed E-state index contributed by atoms with van der Waals surface area (Å²) in [5.74, 6) is 3.18. The lowest BCUT2D eigenvalue weighted by Gasteiger charge is -2.04. The second-order valence-electron chi connectivity index (χ2n) is 2.92. The maximum Gasteiger partial charge on any atom is 0.0245 e. The van der Waals surface area contributed by atoms with E-state index >= 15 is 0 Å². The number of hydrogen-bond donors (Lipinski definition) is 0. The van der Waals surface area contributed by atoms with Gasteiger partial charge in [0.2, 0.25) is 0 Å². The first kappa shape index (κ1) is 7.88. The van der Waals surface area contributed by atoms with Gasteiger partial charge in [0.1, 0.15) is 0 Å². The lowest BCUT2D eigenvalue weighted by Crippen LogP contribution is -1.86. The van der Waals surface area contributed by atoms with Crippen LogP contribution >= 0.6 is 0 Å². The Bertz CT molecular complexity index is 276. The third kappa shape index (κ3) is 1.85. The van der Waals surface area contributed by atoms with Gasteiger partial charge in [-0.1, -0.05) is 31.9 Å². The fourth-order valence-electron chi connectivity index (χ4n) is 0.988. The standard InChI is InChI=1S/C11H12/c1-4-10-6-5-7-11(8-10)9(2)3/h1,5-9H,2-3H3. The zero-order valence-corrected chi connectivity index (χ0v) is 6.96. The number of hydrogen-bond acceptors (Lipinski definition) is 0. The quantitative estimate of drug-likeness (QED) is 0.532. The van der Waals surface area contributed by atoms with Crippen molar-refractivity contribution in [3.05, 3.63) is 35.4 Å². The van der Waals surface area contributed by atoms with E-state index in [1.807, 2.05) is 12.1 Å². The molecule has 1 aromatic carbocycles.